The van der Waals surface area contributed by atoms with Crippen molar-refractivity contribution < 1.29 is 9.21 Å². The number of benzene rings is 1. The quantitative estimate of drug-likeness (QED) is 0.208. The average Bonchev–Trinajstić information content (AvgIpc) is 3.62. The van der Waals surface area contributed by atoms with Crippen LogP contribution in [0, 0.1) is 6.92 Å². The van der Waals surface area contributed by atoms with Gasteiger partial charge in [0.1, 0.15) is 12.1 Å². The molecule has 1 saturated heterocycles. The predicted octanol–water partition coefficient (Wildman–Crippen LogP) is 5.48. The maximum Gasteiger partial charge on any atom is 0.263 e. The molecule has 0 amide bonds. The molecule has 2 N–H and O–H groups in total. The summed E-state index contributed by atoms with van der Waals surface area (Å²) in [5, 5.41) is 5.02. The molecule has 1 fully saturated rings. The van der Waals surface area contributed by atoms with E-state index in [0.717, 1.165) is 85.3 Å². The number of unbranched alkanes of at least 4 members (excludes halogenated alkanes) is 2. The molecule has 3 aromatic heterocycles. The van der Waals surface area contributed by atoms with Gasteiger partial charge in [-0.1, -0.05) is 25.0 Å². The van der Waals surface area contributed by atoms with Gasteiger partial charge in [-0.3, -0.25) is 9.78 Å². The summed E-state index contributed by atoms with van der Waals surface area (Å²) in [6.45, 7) is 4.24. The number of oxazole rings is 1. The zero-order chi connectivity index (χ0) is 25.6. The number of nitrogens with one attached hydrogen (secondary N) is 2. The van der Waals surface area contributed by atoms with Crippen LogP contribution in [0.3, 0.4) is 0 Å². The standard InChI is InChI=1S/C29H36N6O2/c1-20-8-9-21-18-22(10-11-24(21)32-20)26-19-31-28(34-26)25(33-23-12-15-35(2)16-13-23)6-4-3-5-7-27(36)29-30-14-17-37-29/h8-11,14,17-19,23,25,33H,3-7,12-13,15-16H2,1-2H3,(H,31,34)/t25-/m0/s1. The Morgan fingerprint density at radius 2 is 2.03 bits per heavy atom. The molecular formula is C29H36N6O2. The van der Waals surface area contributed by atoms with Crippen molar-refractivity contribution in [2.75, 3.05) is 20.1 Å². The van der Waals surface area contributed by atoms with Gasteiger partial charge in [-0.05, 0) is 70.9 Å². The summed E-state index contributed by atoms with van der Waals surface area (Å²) in [6, 6.07) is 11.2. The number of likely N-dealkylation sites (tertiary alicyclic amines) is 1. The molecule has 5 rings (SSSR count). The topological polar surface area (TPSA) is 99.9 Å². The summed E-state index contributed by atoms with van der Waals surface area (Å²) in [5.41, 5.74) is 4.16. The Morgan fingerprint density at radius 3 is 2.84 bits per heavy atom. The Morgan fingerprint density at radius 1 is 1.16 bits per heavy atom. The van der Waals surface area contributed by atoms with Crippen LogP contribution in [0.25, 0.3) is 22.2 Å². The van der Waals surface area contributed by atoms with Crippen molar-refractivity contribution in [3.8, 4) is 11.3 Å². The van der Waals surface area contributed by atoms with Crippen LogP contribution >= 0.6 is 0 Å². The molecule has 8 heteroatoms. The van der Waals surface area contributed by atoms with Crippen LogP contribution < -0.4 is 5.32 Å². The number of ketones is 1. The number of hydrogen-bond acceptors (Lipinski definition) is 7. The number of Topliss-reactive ketones (excluding diaryl/α,β-unsaturated/α-hetero) is 1. The normalized spacial score (nSPS) is 15.8. The Bertz CT molecular complexity index is 1310. The number of carbonyl (C=O) groups excluding carboxylic acids is 1. The Balaban J connectivity index is 1.24. The van der Waals surface area contributed by atoms with Gasteiger partial charge in [0, 0.05) is 29.1 Å². The van der Waals surface area contributed by atoms with E-state index >= 15 is 0 Å². The molecule has 0 unspecified atom stereocenters. The van der Waals surface area contributed by atoms with Gasteiger partial charge in [0.2, 0.25) is 5.78 Å². The van der Waals surface area contributed by atoms with E-state index in [0.29, 0.717) is 12.5 Å². The van der Waals surface area contributed by atoms with Crippen molar-refractivity contribution >= 4 is 16.7 Å². The lowest BCUT2D eigenvalue weighted by atomic mass is 10.0. The molecule has 1 atom stereocenters. The molecule has 0 saturated carbocycles. The molecule has 0 aliphatic carbocycles. The number of piperidine rings is 1. The van der Waals surface area contributed by atoms with Crippen LogP contribution in [0.1, 0.15) is 73.2 Å². The predicted molar refractivity (Wildman–Crippen MR) is 144 cm³/mol. The van der Waals surface area contributed by atoms with E-state index in [-0.39, 0.29) is 17.7 Å². The third-order valence-corrected chi connectivity index (χ3v) is 7.29. The van der Waals surface area contributed by atoms with Gasteiger partial charge in [0.15, 0.2) is 0 Å². The molecule has 1 aliphatic heterocycles. The molecule has 1 aliphatic rings. The smallest absolute Gasteiger partial charge is 0.263 e. The molecule has 0 spiro atoms. The van der Waals surface area contributed by atoms with Gasteiger partial charge in [-0.25, -0.2) is 9.97 Å². The van der Waals surface area contributed by atoms with Crippen LogP contribution in [-0.2, 0) is 0 Å². The molecule has 1 aromatic carbocycles. The van der Waals surface area contributed by atoms with Crippen LogP contribution in [-0.4, -0.2) is 56.8 Å². The minimum absolute atomic E-state index is 0.0255. The summed E-state index contributed by atoms with van der Waals surface area (Å²) >= 11 is 0. The number of hydrogen-bond donors (Lipinski definition) is 2. The third kappa shape index (κ3) is 6.50. The first-order valence-electron chi connectivity index (χ1n) is 13.3. The fourth-order valence-corrected chi connectivity index (χ4v) is 5.09. The zero-order valence-corrected chi connectivity index (χ0v) is 21.7. The van der Waals surface area contributed by atoms with Gasteiger partial charge in [-0.15, -0.1) is 0 Å². The Labute approximate surface area is 217 Å². The van der Waals surface area contributed by atoms with Crippen molar-refractivity contribution in [3.63, 3.8) is 0 Å². The van der Waals surface area contributed by atoms with Crippen molar-refractivity contribution in [1.29, 1.82) is 0 Å². The molecule has 0 radical (unpaired) electrons. The maximum atomic E-state index is 12.2. The highest BCUT2D eigenvalue weighted by Crippen LogP contribution is 2.26. The van der Waals surface area contributed by atoms with Crippen molar-refractivity contribution in [3.05, 3.63) is 66.4 Å². The monoisotopic (exact) mass is 500 g/mol. The van der Waals surface area contributed by atoms with Gasteiger partial charge in [-0.2, -0.15) is 0 Å². The number of carbonyl (C=O) groups is 1. The highest BCUT2D eigenvalue weighted by atomic mass is 16.3. The summed E-state index contributed by atoms with van der Waals surface area (Å²) < 4.78 is 5.12. The second-order valence-electron chi connectivity index (χ2n) is 10.2. The van der Waals surface area contributed by atoms with Gasteiger partial charge >= 0.3 is 0 Å². The van der Waals surface area contributed by atoms with E-state index in [1.807, 2.05) is 19.2 Å². The van der Waals surface area contributed by atoms with Gasteiger partial charge in [0.25, 0.3) is 5.89 Å². The van der Waals surface area contributed by atoms with E-state index in [1.165, 1.54) is 12.5 Å². The van der Waals surface area contributed by atoms with E-state index in [9.17, 15) is 4.79 Å². The first-order valence-corrected chi connectivity index (χ1v) is 13.3. The number of aromatic nitrogens is 4. The highest BCUT2D eigenvalue weighted by molar-refractivity contribution is 5.91. The maximum absolute atomic E-state index is 12.2. The minimum Gasteiger partial charge on any atom is -0.442 e. The van der Waals surface area contributed by atoms with E-state index in [4.69, 9.17) is 9.40 Å². The Kier molecular flexibility index (Phi) is 8.06. The Hall–Kier alpha value is -3.36. The number of H-pyrrole nitrogens is 1. The zero-order valence-electron chi connectivity index (χ0n) is 21.7. The number of nitrogens with zero attached hydrogens (tertiary/aromatic N) is 4. The lowest BCUT2D eigenvalue weighted by Gasteiger charge is -2.32. The van der Waals surface area contributed by atoms with Gasteiger partial charge in [0.05, 0.1) is 29.6 Å². The number of rotatable bonds is 11. The molecule has 8 nitrogen and oxygen atoms in total. The summed E-state index contributed by atoms with van der Waals surface area (Å²) in [6.07, 6.45) is 11.4. The number of aryl methyl sites for hydroxylation is 1. The molecule has 4 heterocycles. The van der Waals surface area contributed by atoms with Gasteiger partial charge < -0.3 is 19.6 Å². The van der Waals surface area contributed by atoms with Crippen molar-refractivity contribution in [2.45, 2.75) is 64.0 Å². The molecule has 37 heavy (non-hydrogen) atoms. The summed E-state index contributed by atoms with van der Waals surface area (Å²) in [5.74, 6) is 1.17. The van der Waals surface area contributed by atoms with Crippen LogP contribution in [0.15, 0.2) is 53.4 Å². The number of aromatic amines is 1. The minimum atomic E-state index is -0.0255. The van der Waals surface area contributed by atoms with Crippen LogP contribution in [0.5, 0.6) is 0 Å². The van der Waals surface area contributed by atoms with Crippen molar-refractivity contribution in [2.24, 2.45) is 0 Å². The summed E-state index contributed by atoms with van der Waals surface area (Å²) in [4.78, 5) is 31.5. The van der Waals surface area contributed by atoms with Crippen LogP contribution in [0.4, 0.5) is 0 Å². The fourth-order valence-electron chi connectivity index (χ4n) is 5.09. The number of pyridine rings is 1. The van der Waals surface area contributed by atoms with Crippen molar-refractivity contribution in [1.82, 2.24) is 30.2 Å². The second kappa shape index (κ2) is 11.8. The number of imidazole rings is 1. The first-order chi connectivity index (χ1) is 18.0. The second-order valence-corrected chi connectivity index (χ2v) is 10.2. The third-order valence-electron chi connectivity index (χ3n) is 7.29. The SMILES string of the molecule is Cc1ccc2cc(-c3cnc([C@H](CCCCCC(=O)c4ncco4)NC4CCN(C)CC4)[nH]3)ccc2n1. The lowest BCUT2D eigenvalue weighted by molar-refractivity contribution is 0.0945. The first kappa shape index (κ1) is 25.3. The fraction of sp³-hybridized carbons (Fsp3) is 0.448. The van der Waals surface area contributed by atoms with Crippen LogP contribution in [0.2, 0.25) is 0 Å². The summed E-state index contributed by atoms with van der Waals surface area (Å²) in [7, 11) is 2.19. The van der Waals surface area contributed by atoms with E-state index in [1.54, 1.807) is 0 Å². The highest BCUT2D eigenvalue weighted by Gasteiger charge is 2.23. The molecule has 0 bridgehead atoms. The number of fused-ring (bicyclic) bond motifs is 1. The largest absolute Gasteiger partial charge is 0.442 e. The average molecular weight is 501 g/mol. The van der Waals surface area contributed by atoms with E-state index in [2.05, 4.69) is 56.5 Å². The molecular weight excluding hydrogens is 464 g/mol. The lowest BCUT2D eigenvalue weighted by Crippen LogP contribution is -2.42. The molecule has 4 aromatic rings. The van der Waals surface area contributed by atoms with E-state index < -0.39 is 0 Å². The molecule has 194 valence electrons.